The molecule has 1 rings (SSSR count). The molecular formula is C9H12FNO3S. The van der Waals surface area contributed by atoms with Gasteiger partial charge in [-0.1, -0.05) is 0 Å². The Labute approximate surface area is 87.8 Å². The van der Waals surface area contributed by atoms with Gasteiger partial charge in [0.05, 0.1) is 23.4 Å². The summed E-state index contributed by atoms with van der Waals surface area (Å²) in [7, 11) is -2.24. The third-order valence-electron chi connectivity index (χ3n) is 1.90. The average molecular weight is 233 g/mol. The van der Waals surface area contributed by atoms with E-state index in [0.29, 0.717) is 5.75 Å². The number of methoxy groups -OCH3 is 1. The minimum absolute atomic E-state index is 0.0838. The van der Waals surface area contributed by atoms with Gasteiger partial charge in [0.15, 0.2) is 9.84 Å². The van der Waals surface area contributed by atoms with Crippen molar-refractivity contribution in [1.29, 1.82) is 0 Å². The van der Waals surface area contributed by atoms with E-state index in [9.17, 15) is 12.8 Å². The largest absolute Gasteiger partial charge is 0.497 e. The molecule has 0 aromatic heterocycles. The maximum atomic E-state index is 12.0. The van der Waals surface area contributed by atoms with Crippen molar-refractivity contribution in [2.45, 2.75) is 4.90 Å². The molecular weight excluding hydrogens is 221 g/mol. The van der Waals surface area contributed by atoms with Crippen LogP contribution in [0.5, 0.6) is 5.75 Å². The fourth-order valence-corrected chi connectivity index (χ4v) is 2.27. The lowest BCUT2D eigenvalue weighted by molar-refractivity contribution is 0.413. The fourth-order valence-electron chi connectivity index (χ4n) is 1.12. The van der Waals surface area contributed by atoms with Crippen LogP contribution < -0.4 is 10.5 Å². The summed E-state index contributed by atoms with van der Waals surface area (Å²) in [5, 5.41) is 0. The molecule has 84 valence electrons. The molecule has 0 saturated heterocycles. The highest BCUT2D eigenvalue weighted by Gasteiger charge is 2.18. The van der Waals surface area contributed by atoms with Gasteiger partial charge in [0.2, 0.25) is 0 Å². The molecule has 0 fully saturated rings. The first-order valence-electron chi connectivity index (χ1n) is 4.23. The molecule has 0 heterocycles. The minimum Gasteiger partial charge on any atom is -0.497 e. The Bertz CT molecular complexity index is 445. The summed E-state index contributed by atoms with van der Waals surface area (Å²) in [6.07, 6.45) is 0. The van der Waals surface area contributed by atoms with Crippen molar-refractivity contribution in [1.82, 2.24) is 0 Å². The molecule has 4 nitrogen and oxygen atoms in total. The summed E-state index contributed by atoms with van der Waals surface area (Å²) >= 11 is 0. The van der Waals surface area contributed by atoms with Crippen LogP contribution in [-0.2, 0) is 9.84 Å². The van der Waals surface area contributed by atoms with Crippen LogP contribution >= 0.6 is 0 Å². The van der Waals surface area contributed by atoms with Gasteiger partial charge in [-0.2, -0.15) is 0 Å². The molecule has 2 N–H and O–H groups in total. The monoisotopic (exact) mass is 233 g/mol. The summed E-state index contributed by atoms with van der Waals surface area (Å²) in [6.45, 7) is -0.932. The van der Waals surface area contributed by atoms with E-state index in [-0.39, 0.29) is 10.6 Å². The molecule has 0 amide bonds. The summed E-state index contributed by atoms with van der Waals surface area (Å²) in [5.41, 5.74) is 5.60. The second kappa shape index (κ2) is 4.48. The first-order valence-corrected chi connectivity index (χ1v) is 5.88. The zero-order valence-corrected chi connectivity index (χ0v) is 9.05. The number of sulfone groups is 1. The first kappa shape index (κ1) is 11.8. The van der Waals surface area contributed by atoms with E-state index < -0.39 is 22.3 Å². The van der Waals surface area contributed by atoms with Crippen molar-refractivity contribution in [3.05, 3.63) is 18.2 Å². The van der Waals surface area contributed by atoms with Crippen molar-refractivity contribution >= 4 is 15.5 Å². The van der Waals surface area contributed by atoms with Crippen LogP contribution in [0.4, 0.5) is 10.1 Å². The van der Waals surface area contributed by atoms with Gasteiger partial charge in [-0.3, -0.25) is 0 Å². The normalized spacial score (nSPS) is 11.3. The molecule has 0 unspecified atom stereocenters. The Morgan fingerprint density at radius 3 is 2.67 bits per heavy atom. The summed E-state index contributed by atoms with van der Waals surface area (Å²) in [6, 6.07) is 4.26. The average Bonchev–Trinajstić information content (AvgIpc) is 2.18. The highest BCUT2D eigenvalue weighted by molar-refractivity contribution is 7.91. The number of benzene rings is 1. The second-order valence-corrected chi connectivity index (χ2v) is 4.99. The lowest BCUT2D eigenvalue weighted by atomic mass is 10.3. The van der Waals surface area contributed by atoms with Crippen LogP contribution in [0.1, 0.15) is 0 Å². The quantitative estimate of drug-likeness (QED) is 0.788. The van der Waals surface area contributed by atoms with Crippen molar-refractivity contribution in [2.24, 2.45) is 0 Å². The van der Waals surface area contributed by atoms with Crippen LogP contribution in [0.2, 0.25) is 0 Å². The van der Waals surface area contributed by atoms with Crippen LogP contribution in [0.25, 0.3) is 0 Å². The molecule has 6 heteroatoms. The zero-order chi connectivity index (χ0) is 11.5. The molecule has 0 bridgehead atoms. The summed E-state index contributed by atoms with van der Waals surface area (Å²) in [5.74, 6) is -0.189. The number of hydrogen-bond donors (Lipinski definition) is 1. The maximum absolute atomic E-state index is 12.0. The van der Waals surface area contributed by atoms with E-state index in [2.05, 4.69) is 0 Å². The van der Waals surface area contributed by atoms with E-state index >= 15 is 0 Å². The lowest BCUT2D eigenvalue weighted by Crippen LogP contribution is -2.10. The zero-order valence-electron chi connectivity index (χ0n) is 8.23. The number of nitrogen functional groups attached to an aromatic ring is 1. The van der Waals surface area contributed by atoms with Gasteiger partial charge in [-0.05, 0) is 12.1 Å². The Morgan fingerprint density at radius 2 is 2.13 bits per heavy atom. The maximum Gasteiger partial charge on any atom is 0.183 e. The third kappa shape index (κ3) is 2.59. The Balaban J connectivity index is 3.24. The predicted molar refractivity (Wildman–Crippen MR) is 55.4 cm³/mol. The van der Waals surface area contributed by atoms with E-state index in [4.69, 9.17) is 10.5 Å². The molecule has 15 heavy (non-hydrogen) atoms. The number of anilines is 1. The molecule has 0 aliphatic rings. The van der Waals surface area contributed by atoms with E-state index in [1.54, 1.807) is 6.07 Å². The number of nitrogens with two attached hydrogens (primary N) is 1. The summed E-state index contributed by atoms with van der Waals surface area (Å²) < 4.78 is 40.0. The molecule has 0 aliphatic carbocycles. The highest BCUT2D eigenvalue weighted by atomic mass is 32.2. The van der Waals surface area contributed by atoms with Crippen LogP contribution in [0.3, 0.4) is 0 Å². The Morgan fingerprint density at radius 1 is 1.47 bits per heavy atom. The van der Waals surface area contributed by atoms with Crippen LogP contribution in [0.15, 0.2) is 23.1 Å². The minimum atomic E-state index is -3.65. The fraction of sp³-hybridized carbons (Fsp3) is 0.333. The molecule has 0 aliphatic heterocycles. The van der Waals surface area contributed by atoms with E-state index in [1.165, 1.54) is 19.2 Å². The van der Waals surface area contributed by atoms with Crippen LogP contribution in [-0.4, -0.2) is 28.0 Å². The summed E-state index contributed by atoms with van der Waals surface area (Å²) in [4.78, 5) is -0.0838. The van der Waals surface area contributed by atoms with Gasteiger partial charge >= 0.3 is 0 Å². The number of alkyl halides is 1. The molecule has 0 saturated carbocycles. The van der Waals surface area contributed by atoms with E-state index in [0.717, 1.165) is 0 Å². The molecule has 0 spiro atoms. The van der Waals surface area contributed by atoms with Gasteiger partial charge in [-0.25, -0.2) is 12.8 Å². The van der Waals surface area contributed by atoms with Gasteiger partial charge in [0, 0.05) is 6.07 Å². The van der Waals surface area contributed by atoms with Gasteiger partial charge in [-0.15, -0.1) is 0 Å². The lowest BCUT2D eigenvalue weighted by Gasteiger charge is -2.07. The van der Waals surface area contributed by atoms with Crippen molar-refractivity contribution in [3.63, 3.8) is 0 Å². The third-order valence-corrected chi connectivity index (χ3v) is 3.62. The van der Waals surface area contributed by atoms with Crippen molar-refractivity contribution in [2.75, 3.05) is 25.3 Å². The van der Waals surface area contributed by atoms with Crippen LogP contribution in [0, 0.1) is 0 Å². The predicted octanol–water partition coefficient (Wildman–Crippen LogP) is 1.02. The number of rotatable bonds is 4. The number of hydrogen-bond acceptors (Lipinski definition) is 4. The second-order valence-electron chi connectivity index (χ2n) is 2.91. The SMILES string of the molecule is COc1ccc(N)c(S(=O)(=O)CCF)c1. The smallest absolute Gasteiger partial charge is 0.183 e. The molecule has 1 aromatic carbocycles. The Kier molecular flexibility index (Phi) is 3.52. The molecule has 0 atom stereocenters. The molecule has 1 aromatic rings. The highest BCUT2D eigenvalue weighted by Crippen LogP contribution is 2.24. The van der Waals surface area contributed by atoms with Gasteiger partial charge < -0.3 is 10.5 Å². The van der Waals surface area contributed by atoms with E-state index in [1.807, 2.05) is 0 Å². The van der Waals surface area contributed by atoms with Gasteiger partial charge in [0.1, 0.15) is 12.4 Å². The number of halogens is 1. The first-order chi connectivity index (χ1) is 7.01. The number of ether oxygens (including phenoxy) is 1. The van der Waals surface area contributed by atoms with Crippen molar-refractivity contribution in [3.8, 4) is 5.75 Å². The van der Waals surface area contributed by atoms with Crippen molar-refractivity contribution < 1.29 is 17.5 Å². The Hall–Kier alpha value is -1.30. The molecule has 0 radical (unpaired) electrons. The topological polar surface area (TPSA) is 69.4 Å². The standard InChI is InChI=1S/C9H12FNO3S/c1-14-7-2-3-8(11)9(6-7)15(12,13)5-4-10/h2-3,6H,4-5,11H2,1H3. The van der Waals surface area contributed by atoms with Gasteiger partial charge in [0.25, 0.3) is 0 Å².